The summed E-state index contributed by atoms with van der Waals surface area (Å²) < 4.78 is 49.9. The predicted molar refractivity (Wildman–Crippen MR) is 80.8 cm³/mol. The van der Waals surface area contributed by atoms with Crippen molar-refractivity contribution in [1.82, 2.24) is 4.31 Å². The van der Waals surface area contributed by atoms with Crippen LogP contribution in [0, 0.1) is 0 Å². The Morgan fingerprint density at radius 3 is 2.15 bits per heavy atom. The van der Waals surface area contributed by atoms with Gasteiger partial charge in [0.2, 0.25) is 10.0 Å². The highest BCUT2D eigenvalue weighted by atomic mass is 79.9. The van der Waals surface area contributed by atoms with Crippen molar-refractivity contribution in [2.24, 2.45) is 0 Å². The second kappa shape index (κ2) is 5.75. The van der Waals surface area contributed by atoms with Gasteiger partial charge in [-0.3, -0.25) is 0 Å². The quantitative estimate of drug-likeness (QED) is 0.797. The van der Waals surface area contributed by atoms with Gasteiger partial charge in [0.1, 0.15) is 9.84 Å². The molecule has 1 heterocycles. The zero-order valence-electron chi connectivity index (χ0n) is 11.0. The molecule has 1 saturated heterocycles. The van der Waals surface area contributed by atoms with E-state index in [1.165, 1.54) is 10.6 Å². The summed E-state index contributed by atoms with van der Waals surface area (Å²) in [4.78, 5) is 0.220. The van der Waals surface area contributed by atoms with Gasteiger partial charge in [0.15, 0.2) is 0 Å². The third-order valence-electron chi connectivity index (χ3n) is 3.46. The Morgan fingerprint density at radius 1 is 1.10 bits per heavy atom. The first-order chi connectivity index (χ1) is 9.23. The maximum absolute atomic E-state index is 12.5. The minimum absolute atomic E-state index is 0.220. The lowest BCUT2D eigenvalue weighted by Gasteiger charge is -2.30. The van der Waals surface area contributed by atoms with E-state index in [0.29, 0.717) is 17.3 Å². The predicted octanol–water partition coefficient (Wildman–Crippen LogP) is 1.65. The molecule has 0 radical (unpaired) electrons. The molecule has 0 N–H and O–H groups in total. The van der Waals surface area contributed by atoms with Crippen molar-refractivity contribution in [1.29, 1.82) is 0 Å². The summed E-state index contributed by atoms with van der Waals surface area (Å²) in [5.74, 6) is 0. The molecule has 5 nitrogen and oxygen atoms in total. The van der Waals surface area contributed by atoms with E-state index in [-0.39, 0.29) is 18.0 Å². The largest absolute Gasteiger partial charge is 0.244 e. The van der Waals surface area contributed by atoms with Gasteiger partial charge in [-0.25, -0.2) is 16.8 Å². The van der Waals surface area contributed by atoms with E-state index < -0.39 is 25.1 Å². The van der Waals surface area contributed by atoms with Crippen LogP contribution in [-0.4, -0.2) is 45.7 Å². The molecule has 1 aromatic carbocycles. The van der Waals surface area contributed by atoms with E-state index in [1.807, 2.05) is 0 Å². The van der Waals surface area contributed by atoms with E-state index in [4.69, 9.17) is 0 Å². The normalized spacial score (nSPS) is 19.1. The van der Waals surface area contributed by atoms with Gasteiger partial charge in [-0.05, 0) is 40.9 Å². The smallest absolute Gasteiger partial charge is 0.229 e. The molecule has 0 bridgehead atoms. The number of piperidine rings is 1. The molecule has 0 amide bonds. The molecule has 0 atom stereocenters. The number of hydrogen-bond acceptors (Lipinski definition) is 4. The minimum Gasteiger partial charge on any atom is -0.229 e. The molecule has 0 aromatic heterocycles. The summed E-state index contributed by atoms with van der Waals surface area (Å²) in [6.45, 7) is 0.475. The SMILES string of the molecule is CS(=O)(=O)C1CCN(S(=O)(=O)c2ccccc2Br)CC1. The van der Waals surface area contributed by atoms with Crippen molar-refractivity contribution < 1.29 is 16.8 Å². The van der Waals surface area contributed by atoms with Crippen LogP contribution in [0.2, 0.25) is 0 Å². The Labute approximate surface area is 128 Å². The maximum atomic E-state index is 12.5. The Balaban J connectivity index is 2.20. The lowest BCUT2D eigenvalue weighted by atomic mass is 10.2. The number of rotatable bonds is 3. The lowest BCUT2D eigenvalue weighted by molar-refractivity contribution is 0.346. The Morgan fingerprint density at radius 2 is 1.65 bits per heavy atom. The minimum atomic E-state index is -3.57. The molecular weight excluding hydrogens is 366 g/mol. The van der Waals surface area contributed by atoms with Gasteiger partial charge in [-0.15, -0.1) is 0 Å². The molecule has 8 heteroatoms. The Hall–Kier alpha value is -0.440. The first kappa shape index (κ1) is 15.9. The standard InChI is InChI=1S/C12H16BrNO4S2/c1-19(15,16)10-6-8-14(9-7-10)20(17,18)12-5-3-2-4-11(12)13/h2-5,10H,6-9H2,1H3. The highest BCUT2D eigenvalue weighted by Gasteiger charge is 2.33. The molecular formula is C12H16BrNO4S2. The summed E-state index contributed by atoms with van der Waals surface area (Å²) in [5.41, 5.74) is 0. The fraction of sp³-hybridized carbons (Fsp3) is 0.500. The number of benzene rings is 1. The van der Waals surface area contributed by atoms with Crippen LogP contribution < -0.4 is 0 Å². The lowest BCUT2D eigenvalue weighted by Crippen LogP contribution is -2.42. The summed E-state index contributed by atoms with van der Waals surface area (Å²) in [5, 5.41) is -0.437. The summed E-state index contributed by atoms with van der Waals surface area (Å²) in [7, 11) is -6.67. The van der Waals surface area contributed by atoms with Gasteiger partial charge in [-0.1, -0.05) is 12.1 Å². The molecule has 20 heavy (non-hydrogen) atoms. The van der Waals surface area contributed by atoms with Gasteiger partial charge in [-0.2, -0.15) is 4.31 Å². The first-order valence-electron chi connectivity index (χ1n) is 6.16. The van der Waals surface area contributed by atoms with E-state index in [0.717, 1.165) is 0 Å². The second-order valence-corrected chi connectivity index (χ2v) is 9.95. The maximum Gasteiger partial charge on any atom is 0.244 e. The van der Waals surface area contributed by atoms with Gasteiger partial charge < -0.3 is 0 Å². The number of nitrogens with zero attached hydrogens (tertiary/aromatic N) is 1. The molecule has 0 aliphatic carbocycles. The van der Waals surface area contributed by atoms with Crippen LogP contribution in [-0.2, 0) is 19.9 Å². The van der Waals surface area contributed by atoms with Crippen LogP contribution in [0.1, 0.15) is 12.8 Å². The number of sulfone groups is 1. The van der Waals surface area contributed by atoms with Crippen molar-refractivity contribution in [2.45, 2.75) is 23.0 Å². The Kier molecular flexibility index (Phi) is 4.58. The molecule has 112 valence electrons. The van der Waals surface area contributed by atoms with E-state index in [2.05, 4.69) is 15.9 Å². The van der Waals surface area contributed by atoms with Crippen molar-refractivity contribution in [3.8, 4) is 0 Å². The van der Waals surface area contributed by atoms with E-state index in [1.54, 1.807) is 24.3 Å². The summed E-state index contributed by atoms with van der Waals surface area (Å²) in [6.07, 6.45) is 1.90. The van der Waals surface area contributed by atoms with Crippen LogP contribution in [0.25, 0.3) is 0 Å². The van der Waals surface area contributed by atoms with E-state index >= 15 is 0 Å². The molecule has 1 fully saturated rings. The van der Waals surface area contributed by atoms with Crippen LogP contribution in [0.5, 0.6) is 0 Å². The average molecular weight is 382 g/mol. The topological polar surface area (TPSA) is 71.5 Å². The monoisotopic (exact) mass is 381 g/mol. The fourth-order valence-corrected chi connectivity index (χ4v) is 5.79. The van der Waals surface area contributed by atoms with Gasteiger partial charge in [0.25, 0.3) is 0 Å². The molecule has 2 rings (SSSR count). The number of halogens is 1. The third kappa shape index (κ3) is 3.24. The van der Waals surface area contributed by atoms with Crippen molar-refractivity contribution in [3.05, 3.63) is 28.7 Å². The molecule has 1 aliphatic heterocycles. The van der Waals surface area contributed by atoms with E-state index in [9.17, 15) is 16.8 Å². The van der Waals surface area contributed by atoms with Gasteiger partial charge >= 0.3 is 0 Å². The van der Waals surface area contributed by atoms with Crippen LogP contribution in [0.4, 0.5) is 0 Å². The van der Waals surface area contributed by atoms with Crippen molar-refractivity contribution in [2.75, 3.05) is 19.3 Å². The van der Waals surface area contributed by atoms with Crippen molar-refractivity contribution in [3.63, 3.8) is 0 Å². The fourth-order valence-electron chi connectivity index (χ4n) is 2.29. The Bertz CT molecular complexity index is 692. The molecule has 0 unspecified atom stereocenters. The van der Waals surface area contributed by atoms with Gasteiger partial charge in [0.05, 0.1) is 10.1 Å². The molecule has 0 spiro atoms. The molecule has 1 aliphatic rings. The zero-order valence-corrected chi connectivity index (χ0v) is 14.2. The van der Waals surface area contributed by atoms with Crippen LogP contribution >= 0.6 is 15.9 Å². The summed E-state index contributed by atoms with van der Waals surface area (Å²) in [6, 6.07) is 6.64. The highest BCUT2D eigenvalue weighted by Crippen LogP contribution is 2.28. The zero-order chi connectivity index (χ0) is 15.0. The van der Waals surface area contributed by atoms with Crippen LogP contribution in [0.3, 0.4) is 0 Å². The average Bonchev–Trinajstić information content (AvgIpc) is 2.38. The van der Waals surface area contributed by atoms with Crippen molar-refractivity contribution >= 4 is 35.8 Å². The van der Waals surface area contributed by atoms with Gasteiger partial charge in [0, 0.05) is 23.8 Å². The third-order valence-corrected chi connectivity index (χ3v) is 8.05. The molecule has 1 aromatic rings. The summed E-state index contributed by atoms with van der Waals surface area (Å²) >= 11 is 3.24. The second-order valence-electron chi connectivity index (χ2n) is 4.86. The number of hydrogen-bond donors (Lipinski definition) is 0. The highest BCUT2D eigenvalue weighted by molar-refractivity contribution is 9.10. The first-order valence-corrected chi connectivity index (χ1v) is 10.4. The van der Waals surface area contributed by atoms with Crippen LogP contribution in [0.15, 0.2) is 33.6 Å². The molecule has 0 saturated carbocycles. The number of sulfonamides is 1.